The third kappa shape index (κ3) is 1.93. The van der Waals surface area contributed by atoms with E-state index in [2.05, 4.69) is 26.2 Å². The minimum atomic E-state index is 0.252. The van der Waals surface area contributed by atoms with Crippen LogP contribution in [0.4, 0.5) is 0 Å². The molecule has 17 heavy (non-hydrogen) atoms. The van der Waals surface area contributed by atoms with E-state index in [1.165, 1.54) is 6.42 Å². The summed E-state index contributed by atoms with van der Waals surface area (Å²) in [7, 11) is 0. The quantitative estimate of drug-likeness (QED) is 0.890. The van der Waals surface area contributed by atoms with E-state index in [0.29, 0.717) is 5.92 Å². The van der Waals surface area contributed by atoms with E-state index in [0.717, 1.165) is 35.5 Å². The van der Waals surface area contributed by atoms with Crippen molar-refractivity contribution in [2.45, 2.75) is 12.8 Å². The van der Waals surface area contributed by atoms with E-state index in [1.54, 1.807) is 6.07 Å². The number of hydrogen-bond donors (Lipinski definition) is 2. The molecule has 1 aliphatic rings. The molecule has 1 aliphatic heterocycles. The summed E-state index contributed by atoms with van der Waals surface area (Å²) in [6.07, 6.45) is 2.08. The second-order valence-corrected chi connectivity index (χ2v) is 5.24. The Morgan fingerprint density at radius 3 is 3.18 bits per heavy atom. The first-order valence-corrected chi connectivity index (χ1v) is 6.60. The molecule has 0 saturated carbocycles. The molecular weight excluding hydrogens is 282 g/mol. The minimum absolute atomic E-state index is 0.252. The van der Waals surface area contributed by atoms with Crippen LogP contribution in [-0.2, 0) is 6.42 Å². The molecular formula is C12H14BrN3O. The number of rotatable bonds is 2. The Balaban J connectivity index is 2.03. The van der Waals surface area contributed by atoms with Gasteiger partial charge in [-0.25, -0.2) is 4.98 Å². The molecule has 2 aromatic heterocycles. The first-order chi connectivity index (χ1) is 8.25. The van der Waals surface area contributed by atoms with E-state index in [1.807, 2.05) is 16.5 Å². The van der Waals surface area contributed by atoms with Gasteiger partial charge in [0.2, 0.25) is 0 Å². The Bertz CT molecular complexity index is 546. The zero-order valence-corrected chi connectivity index (χ0v) is 10.9. The van der Waals surface area contributed by atoms with E-state index >= 15 is 0 Å². The van der Waals surface area contributed by atoms with Gasteiger partial charge in [-0.05, 0) is 53.5 Å². The number of nitrogens with one attached hydrogen (secondary N) is 1. The molecule has 0 aliphatic carbocycles. The van der Waals surface area contributed by atoms with Crippen molar-refractivity contribution in [3.05, 3.63) is 28.6 Å². The van der Waals surface area contributed by atoms with Crippen molar-refractivity contribution in [1.29, 1.82) is 0 Å². The maximum Gasteiger partial charge on any atom is 0.197 e. The Labute approximate surface area is 108 Å². The lowest BCUT2D eigenvalue weighted by Crippen LogP contribution is -2.12. The van der Waals surface area contributed by atoms with E-state index < -0.39 is 0 Å². The molecule has 1 atom stereocenters. The molecule has 3 heterocycles. The van der Waals surface area contributed by atoms with Gasteiger partial charge in [0.1, 0.15) is 10.4 Å². The Morgan fingerprint density at radius 1 is 1.53 bits per heavy atom. The molecule has 0 bridgehead atoms. The molecule has 4 nitrogen and oxygen atoms in total. The summed E-state index contributed by atoms with van der Waals surface area (Å²) in [5, 5.41) is 13.3. The van der Waals surface area contributed by atoms with Gasteiger partial charge >= 0.3 is 0 Å². The van der Waals surface area contributed by atoms with Crippen molar-refractivity contribution in [3.63, 3.8) is 0 Å². The van der Waals surface area contributed by atoms with Gasteiger partial charge < -0.3 is 10.4 Å². The van der Waals surface area contributed by atoms with Crippen LogP contribution in [0, 0.1) is 5.92 Å². The number of aromatic hydroxyl groups is 1. The molecule has 90 valence electrons. The largest absolute Gasteiger partial charge is 0.494 e. The fourth-order valence-electron chi connectivity index (χ4n) is 2.43. The highest BCUT2D eigenvalue weighted by Gasteiger charge is 2.19. The molecule has 0 spiro atoms. The number of pyridine rings is 1. The molecule has 1 saturated heterocycles. The van der Waals surface area contributed by atoms with Crippen molar-refractivity contribution in [2.24, 2.45) is 5.92 Å². The monoisotopic (exact) mass is 295 g/mol. The van der Waals surface area contributed by atoms with E-state index in [4.69, 9.17) is 0 Å². The Morgan fingerprint density at radius 2 is 2.41 bits per heavy atom. The molecule has 1 unspecified atom stereocenters. The topological polar surface area (TPSA) is 49.6 Å². The predicted octanol–water partition coefficient (Wildman–Crippen LogP) is 1.95. The van der Waals surface area contributed by atoms with Crippen molar-refractivity contribution in [2.75, 3.05) is 13.1 Å². The average molecular weight is 296 g/mol. The second-order valence-electron chi connectivity index (χ2n) is 4.49. The van der Waals surface area contributed by atoms with Gasteiger partial charge in [-0.15, -0.1) is 0 Å². The van der Waals surface area contributed by atoms with Crippen LogP contribution in [0.1, 0.15) is 12.2 Å². The lowest BCUT2D eigenvalue weighted by atomic mass is 10.0. The second kappa shape index (κ2) is 4.31. The minimum Gasteiger partial charge on any atom is -0.494 e. The van der Waals surface area contributed by atoms with Crippen molar-refractivity contribution < 1.29 is 5.11 Å². The first-order valence-electron chi connectivity index (χ1n) is 5.81. The molecule has 2 aromatic rings. The van der Waals surface area contributed by atoms with Crippen molar-refractivity contribution >= 4 is 21.4 Å². The maximum atomic E-state index is 9.93. The van der Waals surface area contributed by atoms with Gasteiger partial charge in [-0.1, -0.05) is 6.07 Å². The lowest BCUT2D eigenvalue weighted by Gasteiger charge is -2.08. The fraction of sp³-hybridized carbons (Fsp3) is 0.417. The third-order valence-corrected chi connectivity index (χ3v) is 3.88. The number of halogens is 1. The summed E-state index contributed by atoms with van der Waals surface area (Å²) >= 11 is 3.44. The van der Waals surface area contributed by atoms with Crippen LogP contribution in [0.25, 0.3) is 5.52 Å². The molecule has 3 rings (SSSR count). The summed E-state index contributed by atoms with van der Waals surface area (Å²) in [6.45, 7) is 2.13. The lowest BCUT2D eigenvalue weighted by molar-refractivity contribution is 0.439. The van der Waals surface area contributed by atoms with Gasteiger partial charge in [0, 0.05) is 6.42 Å². The number of hydrogen-bond acceptors (Lipinski definition) is 3. The number of imidazole rings is 1. The highest BCUT2D eigenvalue weighted by molar-refractivity contribution is 9.10. The van der Waals surface area contributed by atoms with E-state index in [9.17, 15) is 5.11 Å². The summed E-state index contributed by atoms with van der Waals surface area (Å²) in [4.78, 5) is 4.51. The Kier molecular flexibility index (Phi) is 2.80. The van der Waals surface area contributed by atoms with Gasteiger partial charge in [0.25, 0.3) is 0 Å². The fourth-order valence-corrected chi connectivity index (χ4v) is 2.95. The van der Waals surface area contributed by atoms with Crippen LogP contribution >= 0.6 is 15.9 Å². The molecule has 0 amide bonds. The normalized spacial score (nSPS) is 20.2. The van der Waals surface area contributed by atoms with Crippen LogP contribution in [0.2, 0.25) is 0 Å². The summed E-state index contributed by atoms with van der Waals surface area (Å²) < 4.78 is 2.62. The molecule has 5 heteroatoms. The standard InChI is InChI=1S/C12H14BrN3O/c13-12-9-2-1-3-11(17)16(9)10(15-12)6-8-4-5-14-7-8/h1-3,8,14,17H,4-7H2. The van der Waals surface area contributed by atoms with Gasteiger partial charge in [-0.3, -0.25) is 4.40 Å². The number of fused-ring (bicyclic) bond motifs is 1. The first kappa shape index (κ1) is 11.0. The molecule has 1 fully saturated rings. The summed E-state index contributed by atoms with van der Waals surface area (Å²) in [5.74, 6) is 1.80. The van der Waals surface area contributed by atoms with Crippen LogP contribution in [-0.4, -0.2) is 27.6 Å². The van der Waals surface area contributed by atoms with Crippen LogP contribution in [0.5, 0.6) is 5.88 Å². The Hall–Kier alpha value is -1.07. The van der Waals surface area contributed by atoms with E-state index in [-0.39, 0.29) is 5.88 Å². The smallest absolute Gasteiger partial charge is 0.197 e. The highest BCUT2D eigenvalue weighted by atomic mass is 79.9. The predicted molar refractivity (Wildman–Crippen MR) is 69.2 cm³/mol. The van der Waals surface area contributed by atoms with Crippen molar-refractivity contribution in [1.82, 2.24) is 14.7 Å². The maximum absolute atomic E-state index is 9.93. The number of aromatic nitrogens is 2. The zero-order chi connectivity index (χ0) is 11.8. The van der Waals surface area contributed by atoms with Gasteiger partial charge in [0.15, 0.2) is 5.88 Å². The molecule has 2 N–H and O–H groups in total. The SMILES string of the molecule is Oc1cccc2c(Br)nc(CC3CCNC3)n12. The van der Waals surface area contributed by atoms with Crippen LogP contribution in [0.3, 0.4) is 0 Å². The number of nitrogens with zero attached hydrogens (tertiary/aromatic N) is 2. The van der Waals surface area contributed by atoms with Crippen LogP contribution in [0.15, 0.2) is 22.8 Å². The van der Waals surface area contributed by atoms with Crippen molar-refractivity contribution in [3.8, 4) is 5.88 Å². The third-order valence-electron chi connectivity index (χ3n) is 3.30. The van der Waals surface area contributed by atoms with Gasteiger partial charge in [-0.2, -0.15) is 0 Å². The highest BCUT2D eigenvalue weighted by Crippen LogP contribution is 2.26. The molecule has 0 radical (unpaired) electrons. The molecule has 0 aromatic carbocycles. The summed E-state index contributed by atoms with van der Waals surface area (Å²) in [5.41, 5.74) is 0.922. The summed E-state index contributed by atoms with van der Waals surface area (Å²) in [6, 6.07) is 5.47. The van der Waals surface area contributed by atoms with Crippen LogP contribution < -0.4 is 5.32 Å². The zero-order valence-electron chi connectivity index (χ0n) is 9.36. The van der Waals surface area contributed by atoms with Gasteiger partial charge in [0.05, 0.1) is 5.52 Å². The average Bonchev–Trinajstić information content (AvgIpc) is 2.90.